The number of methoxy groups -OCH3 is 2. The number of ether oxygens (including phenoxy) is 2. The molecule has 1 aliphatic heterocycles. The van der Waals surface area contributed by atoms with Crippen LogP contribution in [-0.4, -0.2) is 51.0 Å². The molecule has 0 aliphatic carbocycles. The van der Waals surface area contributed by atoms with Crippen LogP contribution in [0.15, 0.2) is 18.2 Å². The van der Waals surface area contributed by atoms with Crippen molar-refractivity contribution in [1.82, 2.24) is 5.32 Å². The largest absolute Gasteiger partial charge is 0.366 e. The molecule has 1 heterocycles. The summed E-state index contributed by atoms with van der Waals surface area (Å²) in [5, 5.41) is 14.1. The van der Waals surface area contributed by atoms with E-state index in [1.165, 1.54) is 20.3 Å². The number of amides is 1. The van der Waals surface area contributed by atoms with Crippen molar-refractivity contribution in [3.63, 3.8) is 0 Å². The van der Waals surface area contributed by atoms with Crippen LogP contribution in [0.5, 0.6) is 0 Å². The Morgan fingerprint density at radius 3 is 2.44 bits per heavy atom. The standard InChI is InChI=1S/C17H25N3O5/c1-24-16(25-2)12-18-17(21)13-7-8-14(15(11-13)20(22)23)19-9-5-3-4-6-10-19/h7-8,11,16H,3-6,9-10,12H2,1-2H3,(H,18,21). The van der Waals surface area contributed by atoms with Gasteiger partial charge in [-0.2, -0.15) is 0 Å². The highest BCUT2D eigenvalue weighted by Crippen LogP contribution is 2.31. The predicted molar refractivity (Wildman–Crippen MR) is 93.9 cm³/mol. The minimum atomic E-state index is -0.560. The number of nitro benzene ring substituents is 1. The zero-order chi connectivity index (χ0) is 18.2. The number of anilines is 1. The molecule has 1 N–H and O–H groups in total. The Kier molecular flexibility index (Phi) is 7.15. The number of nitro groups is 1. The number of carbonyl (C=O) groups excluding carboxylic acids is 1. The molecule has 0 spiro atoms. The van der Waals surface area contributed by atoms with E-state index in [9.17, 15) is 14.9 Å². The van der Waals surface area contributed by atoms with E-state index in [0.717, 1.165) is 38.8 Å². The fourth-order valence-corrected chi connectivity index (χ4v) is 2.93. The van der Waals surface area contributed by atoms with Crippen LogP contribution >= 0.6 is 0 Å². The molecule has 0 unspecified atom stereocenters. The van der Waals surface area contributed by atoms with E-state index >= 15 is 0 Å². The molecule has 1 aliphatic rings. The van der Waals surface area contributed by atoms with Crippen LogP contribution in [-0.2, 0) is 9.47 Å². The van der Waals surface area contributed by atoms with E-state index in [0.29, 0.717) is 5.69 Å². The Bertz CT molecular complexity index is 596. The molecule has 8 nitrogen and oxygen atoms in total. The lowest BCUT2D eigenvalue weighted by molar-refractivity contribution is -0.384. The summed E-state index contributed by atoms with van der Waals surface area (Å²) in [7, 11) is 2.95. The molecule has 25 heavy (non-hydrogen) atoms. The highest BCUT2D eigenvalue weighted by molar-refractivity contribution is 5.95. The molecule has 0 bridgehead atoms. The Morgan fingerprint density at radius 1 is 1.24 bits per heavy atom. The summed E-state index contributed by atoms with van der Waals surface area (Å²) in [5.41, 5.74) is 0.788. The average Bonchev–Trinajstić information content (AvgIpc) is 2.91. The summed E-state index contributed by atoms with van der Waals surface area (Å²) in [6, 6.07) is 4.63. The predicted octanol–water partition coefficient (Wildman–Crippen LogP) is 2.32. The summed E-state index contributed by atoms with van der Waals surface area (Å²) in [6.07, 6.45) is 3.77. The van der Waals surface area contributed by atoms with Crippen molar-refractivity contribution in [2.45, 2.75) is 32.0 Å². The lowest BCUT2D eigenvalue weighted by Gasteiger charge is -2.22. The lowest BCUT2D eigenvalue weighted by Crippen LogP contribution is -2.34. The summed E-state index contributed by atoms with van der Waals surface area (Å²) < 4.78 is 10.0. The second kappa shape index (κ2) is 9.33. The van der Waals surface area contributed by atoms with Crippen molar-refractivity contribution >= 4 is 17.3 Å². The number of hydrogen-bond acceptors (Lipinski definition) is 6. The maximum Gasteiger partial charge on any atom is 0.293 e. The molecule has 2 rings (SSSR count). The van der Waals surface area contributed by atoms with Crippen molar-refractivity contribution in [1.29, 1.82) is 0 Å². The first kappa shape index (κ1) is 19.1. The molecule has 0 saturated carbocycles. The maximum atomic E-state index is 12.2. The molecule has 1 aromatic carbocycles. The third kappa shape index (κ3) is 5.14. The number of benzene rings is 1. The topological polar surface area (TPSA) is 93.9 Å². The van der Waals surface area contributed by atoms with Gasteiger partial charge < -0.3 is 19.7 Å². The van der Waals surface area contributed by atoms with Crippen LogP contribution in [0.3, 0.4) is 0 Å². The van der Waals surface area contributed by atoms with E-state index in [-0.39, 0.29) is 17.8 Å². The van der Waals surface area contributed by atoms with Gasteiger partial charge in [-0.3, -0.25) is 14.9 Å². The molecule has 0 radical (unpaired) electrons. The summed E-state index contributed by atoms with van der Waals surface area (Å²) in [6.45, 7) is 1.76. The molecule has 138 valence electrons. The highest BCUT2D eigenvalue weighted by atomic mass is 16.7. The van der Waals surface area contributed by atoms with Gasteiger partial charge in [-0.25, -0.2) is 0 Å². The van der Waals surface area contributed by atoms with Crippen molar-refractivity contribution < 1.29 is 19.2 Å². The summed E-state index contributed by atoms with van der Waals surface area (Å²) in [5.74, 6) is -0.399. The molecule has 1 aromatic rings. The Labute approximate surface area is 147 Å². The van der Waals surface area contributed by atoms with E-state index < -0.39 is 17.1 Å². The van der Waals surface area contributed by atoms with Gasteiger partial charge in [0.25, 0.3) is 11.6 Å². The van der Waals surface area contributed by atoms with Gasteiger partial charge in [0.2, 0.25) is 0 Å². The second-order valence-corrected chi connectivity index (χ2v) is 5.97. The average molecular weight is 351 g/mol. The van der Waals surface area contributed by atoms with Crippen molar-refractivity contribution in [2.75, 3.05) is 38.8 Å². The van der Waals surface area contributed by atoms with Gasteiger partial charge in [-0.15, -0.1) is 0 Å². The van der Waals surface area contributed by atoms with Gasteiger partial charge in [0.05, 0.1) is 11.5 Å². The van der Waals surface area contributed by atoms with Gasteiger partial charge >= 0.3 is 0 Å². The van der Waals surface area contributed by atoms with E-state index in [4.69, 9.17) is 9.47 Å². The molecule has 0 aromatic heterocycles. The quantitative estimate of drug-likeness (QED) is 0.460. The molecule has 1 saturated heterocycles. The summed E-state index contributed by atoms with van der Waals surface area (Å²) in [4.78, 5) is 25.3. The van der Waals surface area contributed by atoms with Gasteiger partial charge in [-0.1, -0.05) is 12.8 Å². The summed E-state index contributed by atoms with van der Waals surface area (Å²) >= 11 is 0. The number of nitrogens with one attached hydrogen (secondary N) is 1. The number of nitrogens with zero attached hydrogens (tertiary/aromatic N) is 2. The zero-order valence-electron chi connectivity index (χ0n) is 14.7. The van der Waals surface area contributed by atoms with Crippen LogP contribution in [0.2, 0.25) is 0 Å². The van der Waals surface area contributed by atoms with Gasteiger partial charge in [-0.05, 0) is 25.0 Å². The first-order valence-corrected chi connectivity index (χ1v) is 8.44. The molecular formula is C17H25N3O5. The highest BCUT2D eigenvalue weighted by Gasteiger charge is 2.22. The molecule has 1 amide bonds. The van der Waals surface area contributed by atoms with Crippen LogP contribution in [0.4, 0.5) is 11.4 Å². The van der Waals surface area contributed by atoms with E-state index in [1.807, 2.05) is 4.90 Å². The Balaban J connectivity index is 2.17. The van der Waals surface area contributed by atoms with Crippen molar-refractivity contribution in [2.24, 2.45) is 0 Å². The third-order valence-electron chi connectivity index (χ3n) is 4.34. The third-order valence-corrected chi connectivity index (χ3v) is 4.34. The van der Waals surface area contributed by atoms with Crippen LogP contribution in [0.1, 0.15) is 36.0 Å². The second-order valence-electron chi connectivity index (χ2n) is 5.97. The Morgan fingerprint density at radius 2 is 1.88 bits per heavy atom. The fraction of sp³-hybridized carbons (Fsp3) is 0.588. The monoisotopic (exact) mass is 351 g/mol. The zero-order valence-corrected chi connectivity index (χ0v) is 14.7. The first-order chi connectivity index (χ1) is 12.1. The number of carbonyl (C=O) groups is 1. The normalized spacial score (nSPS) is 15.1. The van der Waals surface area contributed by atoms with Gasteiger partial charge in [0.1, 0.15) is 5.69 Å². The van der Waals surface area contributed by atoms with E-state index in [1.54, 1.807) is 12.1 Å². The first-order valence-electron chi connectivity index (χ1n) is 8.44. The smallest absolute Gasteiger partial charge is 0.293 e. The fourth-order valence-electron chi connectivity index (χ4n) is 2.93. The lowest BCUT2D eigenvalue weighted by atomic mass is 10.1. The molecule has 0 atom stereocenters. The SMILES string of the molecule is COC(CNC(=O)c1ccc(N2CCCCCC2)c([N+](=O)[O-])c1)OC. The number of hydrogen-bond donors (Lipinski definition) is 1. The van der Waals surface area contributed by atoms with Gasteiger partial charge in [0.15, 0.2) is 6.29 Å². The minimum absolute atomic E-state index is 0.0374. The van der Waals surface area contributed by atoms with Crippen LogP contribution in [0.25, 0.3) is 0 Å². The molecular weight excluding hydrogens is 326 g/mol. The Hall–Kier alpha value is -2.19. The maximum absolute atomic E-state index is 12.2. The van der Waals surface area contributed by atoms with Gasteiger partial charge in [0, 0.05) is 38.9 Å². The van der Waals surface area contributed by atoms with Crippen molar-refractivity contribution in [3.05, 3.63) is 33.9 Å². The molecule has 8 heteroatoms. The number of rotatable bonds is 7. The van der Waals surface area contributed by atoms with Crippen molar-refractivity contribution in [3.8, 4) is 0 Å². The van der Waals surface area contributed by atoms with Crippen LogP contribution in [0, 0.1) is 10.1 Å². The molecule has 1 fully saturated rings. The van der Waals surface area contributed by atoms with Crippen LogP contribution < -0.4 is 10.2 Å². The minimum Gasteiger partial charge on any atom is -0.366 e. The van der Waals surface area contributed by atoms with E-state index in [2.05, 4.69) is 5.32 Å².